The van der Waals surface area contributed by atoms with Gasteiger partial charge in [0.1, 0.15) is 0 Å². The van der Waals surface area contributed by atoms with Gasteiger partial charge in [-0.25, -0.2) is 0 Å². The number of carbonyl (C=O) groups excluding carboxylic acids is 2. The molecule has 1 atom stereocenters. The lowest BCUT2D eigenvalue weighted by atomic mass is 9.81. The van der Waals surface area contributed by atoms with Crippen molar-refractivity contribution in [1.29, 1.82) is 0 Å². The molecule has 96 valence electrons. The summed E-state index contributed by atoms with van der Waals surface area (Å²) >= 11 is 0. The smallest absolute Gasteiger partial charge is 0.244 e. The summed E-state index contributed by atoms with van der Waals surface area (Å²) < 4.78 is 0. The van der Waals surface area contributed by atoms with Crippen LogP contribution in [0.15, 0.2) is 0 Å². The lowest BCUT2D eigenvalue weighted by Crippen LogP contribution is -2.39. The van der Waals surface area contributed by atoms with Crippen LogP contribution in [0.3, 0.4) is 0 Å². The summed E-state index contributed by atoms with van der Waals surface area (Å²) in [7, 11) is 0. The Labute approximate surface area is 103 Å². The zero-order valence-electron chi connectivity index (χ0n) is 10.5. The molecule has 1 aliphatic heterocycles. The van der Waals surface area contributed by atoms with Gasteiger partial charge in [-0.1, -0.05) is 26.2 Å². The number of hydrogen-bond donors (Lipinski definition) is 2. The molecular formula is C13H22N2O2. The molecule has 1 aliphatic carbocycles. The summed E-state index contributed by atoms with van der Waals surface area (Å²) in [6, 6.07) is -0.286. The fraction of sp³-hybridized carbons (Fsp3) is 0.846. The Hall–Kier alpha value is -0.900. The lowest BCUT2D eigenvalue weighted by molar-refractivity contribution is -0.125. The molecule has 0 spiro atoms. The molecule has 0 radical (unpaired) electrons. The minimum absolute atomic E-state index is 0.151. The number of hydrogen-bond acceptors (Lipinski definition) is 3. The Kier molecular flexibility index (Phi) is 4.15. The first-order chi connectivity index (χ1) is 8.19. The van der Waals surface area contributed by atoms with Gasteiger partial charge in [0.2, 0.25) is 11.8 Å². The Bertz CT molecular complexity index is 296. The van der Waals surface area contributed by atoms with Crippen LogP contribution in [-0.4, -0.2) is 24.4 Å². The number of amides is 2. The Morgan fingerprint density at radius 2 is 1.82 bits per heavy atom. The first kappa shape index (κ1) is 12.6. The van der Waals surface area contributed by atoms with Gasteiger partial charge in [0.25, 0.3) is 0 Å². The van der Waals surface area contributed by atoms with Crippen LogP contribution >= 0.6 is 0 Å². The largest absolute Gasteiger partial charge is 0.305 e. The second-order valence-electron chi connectivity index (χ2n) is 5.37. The van der Waals surface area contributed by atoms with E-state index in [2.05, 4.69) is 17.6 Å². The molecule has 2 N–H and O–H groups in total. The maximum atomic E-state index is 11.4. The van der Waals surface area contributed by atoms with Crippen LogP contribution < -0.4 is 10.6 Å². The highest BCUT2D eigenvalue weighted by molar-refractivity contribution is 6.05. The summed E-state index contributed by atoms with van der Waals surface area (Å²) in [6.45, 7) is 3.14. The third-order valence-corrected chi connectivity index (χ3v) is 4.17. The predicted octanol–water partition coefficient (Wildman–Crippen LogP) is 1.21. The maximum absolute atomic E-state index is 11.4. The molecule has 2 amide bonds. The van der Waals surface area contributed by atoms with E-state index in [0.717, 1.165) is 12.5 Å². The van der Waals surface area contributed by atoms with E-state index < -0.39 is 0 Å². The van der Waals surface area contributed by atoms with Crippen molar-refractivity contribution in [2.24, 2.45) is 11.8 Å². The van der Waals surface area contributed by atoms with Crippen LogP contribution in [-0.2, 0) is 9.59 Å². The van der Waals surface area contributed by atoms with E-state index in [1.807, 2.05) is 0 Å². The van der Waals surface area contributed by atoms with Gasteiger partial charge in [-0.3, -0.25) is 14.9 Å². The van der Waals surface area contributed by atoms with Crippen molar-refractivity contribution in [3.63, 3.8) is 0 Å². The van der Waals surface area contributed by atoms with E-state index in [0.29, 0.717) is 12.3 Å². The van der Waals surface area contributed by atoms with E-state index >= 15 is 0 Å². The molecular weight excluding hydrogens is 216 g/mol. The molecule has 0 aromatic heterocycles. The number of carbonyl (C=O) groups is 2. The molecule has 17 heavy (non-hydrogen) atoms. The number of rotatable bonds is 4. The summed E-state index contributed by atoms with van der Waals surface area (Å²) in [5, 5.41) is 5.56. The molecule has 1 unspecified atom stereocenters. The molecule has 1 saturated heterocycles. The van der Waals surface area contributed by atoms with Crippen molar-refractivity contribution >= 4 is 11.8 Å². The minimum atomic E-state index is -0.286. The van der Waals surface area contributed by atoms with E-state index in [9.17, 15) is 9.59 Å². The van der Waals surface area contributed by atoms with Gasteiger partial charge in [0.15, 0.2) is 0 Å². The Morgan fingerprint density at radius 1 is 1.18 bits per heavy atom. The van der Waals surface area contributed by atoms with Crippen molar-refractivity contribution in [1.82, 2.24) is 10.6 Å². The van der Waals surface area contributed by atoms with Crippen LogP contribution in [0.1, 0.15) is 45.4 Å². The van der Waals surface area contributed by atoms with E-state index in [-0.39, 0.29) is 17.9 Å². The van der Waals surface area contributed by atoms with Crippen molar-refractivity contribution in [3.05, 3.63) is 0 Å². The van der Waals surface area contributed by atoms with Gasteiger partial charge >= 0.3 is 0 Å². The summed E-state index contributed by atoms with van der Waals surface area (Å²) in [5.41, 5.74) is 0. The van der Waals surface area contributed by atoms with E-state index in [1.54, 1.807) is 0 Å². The highest BCUT2D eigenvalue weighted by Gasteiger charge is 2.30. The zero-order chi connectivity index (χ0) is 12.3. The van der Waals surface area contributed by atoms with Gasteiger partial charge in [-0.05, 0) is 31.2 Å². The summed E-state index contributed by atoms with van der Waals surface area (Å²) in [4.78, 5) is 22.4. The predicted molar refractivity (Wildman–Crippen MR) is 65.3 cm³/mol. The van der Waals surface area contributed by atoms with Crippen molar-refractivity contribution in [3.8, 4) is 0 Å². The van der Waals surface area contributed by atoms with Gasteiger partial charge in [0.05, 0.1) is 12.5 Å². The highest BCUT2D eigenvalue weighted by Crippen LogP contribution is 2.30. The molecule has 4 heteroatoms. The van der Waals surface area contributed by atoms with Gasteiger partial charge in [-0.15, -0.1) is 0 Å². The molecule has 0 aromatic carbocycles. The fourth-order valence-corrected chi connectivity index (χ4v) is 2.87. The summed E-state index contributed by atoms with van der Waals surface area (Å²) in [5.74, 6) is 1.28. The monoisotopic (exact) mass is 238 g/mol. The standard InChI is InChI=1S/C13H22N2O2/c1-2-9-3-5-10(6-4-9)8-14-11-7-12(16)15-13(11)17/h9-11,14H,2-8H2,1H3,(H,15,16,17). The average Bonchev–Trinajstić information content (AvgIpc) is 2.66. The Morgan fingerprint density at radius 3 is 2.35 bits per heavy atom. The van der Waals surface area contributed by atoms with Crippen molar-refractivity contribution in [2.45, 2.75) is 51.5 Å². The number of imide groups is 1. The third kappa shape index (κ3) is 3.28. The SMILES string of the molecule is CCC1CCC(CNC2CC(=O)NC2=O)CC1. The maximum Gasteiger partial charge on any atom is 0.244 e. The molecule has 2 fully saturated rings. The normalized spacial score (nSPS) is 33.8. The fourth-order valence-electron chi connectivity index (χ4n) is 2.87. The third-order valence-electron chi connectivity index (χ3n) is 4.17. The van der Waals surface area contributed by atoms with Crippen LogP contribution in [0.4, 0.5) is 0 Å². The lowest BCUT2D eigenvalue weighted by Gasteiger charge is -2.28. The molecule has 2 aliphatic rings. The van der Waals surface area contributed by atoms with Crippen LogP contribution in [0.25, 0.3) is 0 Å². The average molecular weight is 238 g/mol. The zero-order valence-corrected chi connectivity index (χ0v) is 10.5. The number of nitrogens with one attached hydrogen (secondary N) is 2. The minimum Gasteiger partial charge on any atom is -0.305 e. The van der Waals surface area contributed by atoms with E-state index in [1.165, 1.54) is 32.1 Å². The van der Waals surface area contributed by atoms with Gasteiger partial charge < -0.3 is 5.32 Å². The molecule has 0 bridgehead atoms. The topological polar surface area (TPSA) is 58.2 Å². The first-order valence-electron chi connectivity index (χ1n) is 6.76. The molecule has 0 aromatic rings. The van der Waals surface area contributed by atoms with Crippen LogP contribution in [0.5, 0.6) is 0 Å². The molecule has 1 heterocycles. The second-order valence-corrected chi connectivity index (χ2v) is 5.37. The molecule has 1 saturated carbocycles. The van der Waals surface area contributed by atoms with Crippen molar-refractivity contribution in [2.75, 3.05) is 6.54 Å². The highest BCUT2D eigenvalue weighted by atomic mass is 16.2. The second kappa shape index (κ2) is 5.63. The van der Waals surface area contributed by atoms with Gasteiger partial charge in [-0.2, -0.15) is 0 Å². The van der Waals surface area contributed by atoms with Gasteiger partial charge in [0, 0.05) is 0 Å². The molecule has 2 rings (SSSR count). The van der Waals surface area contributed by atoms with Crippen LogP contribution in [0, 0.1) is 11.8 Å². The quantitative estimate of drug-likeness (QED) is 0.724. The molecule has 4 nitrogen and oxygen atoms in total. The summed E-state index contributed by atoms with van der Waals surface area (Å²) in [6.07, 6.45) is 6.75. The van der Waals surface area contributed by atoms with Crippen molar-refractivity contribution < 1.29 is 9.59 Å². The van der Waals surface area contributed by atoms with Crippen LogP contribution in [0.2, 0.25) is 0 Å². The van der Waals surface area contributed by atoms with E-state index in [4.69, 9.17) is 0 Å². The Balaban J connectivity index is 1.69. The first-order valence-corrected chi connectivity index (χ1v) is 6.76.